The lowest BCUT2D eigenvalue weighted by molar-refractivity contribution is 0.0468. The van der Waals surface area contributed by atoms with Crippen molar-refractivity contribution in [2.45, 2.75) is 13.8 Å². The third kappa shape index (κ3) is 2.85. The fourth-order valence-corrected chi connectivity index (χ4v) is 1.60. The van der Waals surface area contributed by atoms with Gasteiger partial charge in [-0.25, -0.2) is 14.6 Å². The number of carbonyl (C=O) groups excluding carboxylic acids is 2. The minimum Gasteiger partial charge on any atom is -0.461 e. The van der Waals surface area contributed by atoms with E-state index in [2.05, 4.69) is 20.9 Å². The van der Waals surface area contributed by atoms with Gasteiger partial charge in [0.05, 0.1) is 13.2 Å². The SMILES string of the molecule is CCOC(=O)c1nc(Br)n(C)c1C(=O)OCC. The Morgan fingerprint density at radius 1 is 1.24 bits per heavy atom. The number of aromatic nitrogens is 2. The maximum Gasteiger partial charge on any atom is 0.359 e. The molecule has 6 nitrogen and oxygen atoms in total. The molecule has 0 aliphatic rings. The zero-order valence-electron chi connectivity index (χ0n) is 9.82. The van der Waals surface area contributed by atoms with Gasteiger partial charge in [0.15, 0.2) is 16.1 Å². The molecule has 0 bridgehead atoms. The van der Waals surface area contributed by atoms with Crippen LogP contribution in [-0.2, 0) is 16.5 Å². The Morgan fingerprint density at radius 2 is 1.76 bits per heavy atom. The maximum absolute atomic E-state index is 11.7. The molecule has 1 aromatic rings. The van der Waals surface area contributed by atoms with Gasteiger partial charge in [0.25, 0.3) is 0 Å². The van der Waals surface area contributed by atoms with Crippen LogP contribution in [-0.4, -0.2) is 34.7 Å². The van der Waals surface area contributed by atoms with E-state index in [0.29, 0.717) is 4.73 Å². The van der Waals surface area contributed by atoms with Crippen molar-refractivity contribution >= 4 is 27.9 Å². The molecule has 0 spiro atoms. The van der Waals surface area contributed by atoms with E-state index >= 15 is 0 Å². The largest absolute Gasteiger partial charge is 0.461 e. The Balaban J connectivity index is 3.17. The number of ether oxygens (including phenoxy) is 2. The van der Waals surface area contributed by atoms with Crippen molar-refractivity contribution in [3.63, 3.8) is 0 Å². The van der Waals surface area contributed by atoms with Crippen molar-refractivity contribution in [1.29, 1.82) is 0 Å². The first-order valence-corrected chi connectivity index (χ1v) is 5.88. The number of hydrogen-bond donors (Lipinski definition) is 0. The molecule has 1 aromatic heterocycles. The number of halogens is 1. The summed E-state index contributed by atoms with van der Waals surface area (Å²) in [5.41, 5.74) is 0.0388. The monoisotopic (exact) mass is 304 g/mol. The van der Waals surface area contributed by atoms with Crippen LogP contribution in [0.2, 0.25) is 0 Å². The molecule has 0 aromatic carbocycles. The zero-order valence-corrected chi connectivity index (χ0v) is 11.4. The van der Waals surface area contributed by atoms with Crippen molar-refractivity contribution < 1.29 is 19.1 Å². The molecule has 0 unspecified atom stereocenters. The second-order valence-electron chi connectivity index (χ2n) is 3.08. The lowest BCUT2D eigenvalue weighted by Gasteiger charge is -2.05. The van der Waals surface area contributed by atoms with Crippen LogP contribution in [0.1, 0.15) is 34.8 Å². The van der Waals surface area contributed by atoms with Crippen LogP contribution >= 0.6 is 15.9 Å². The van der Waals surface area contributed by atoms with Crippen LogP contribution in [0.5, 0.6) is 0 Å². The molecule has 0 aliphatic carbocycles. The second kappa shape index (κ2) is 5.81. The minimum atomic E-state index is -0.642. The van der Waals surface area contributed by atoms with E-state index in [1.54, 1.807) is 20.9 Å². The van der Waals surface area contributed by atoms with Crippen molar-refractivity contribution in [2.24, 2.45) is 7.05 Å². The lowest BCUT2D eigenvalue weighted by atomic mass is 10.3. The van der Waals surface area contributed by atoms with E-state index in [9.17, 15) is 9.59 Å². The molecule has 0 radical (unpaired) electrons. The summed E-state index contributed by atoms with van der Waals surface area (Å²) >= 11 is 3.14. The van der Waals surface area contributed by atoms with E-state index in [0.717, 1.165) is 0 Å². The summed E-state index contributed by atoms with van der Waals surface area (Å²) < 4.78 is 11.5. The highest BCUT2D eigenvalue weighted by Crippen LogP contribution is 2.17. The molecule has 1 rings (SSSR count). The van der Waals surface area contributed by atoms with Crippen molar-refractivity contribution in [1.82, 2.24) is 9.55 Å². The molecule has 0 atom stereocenters. The first-order chi connectivity index (χ1) is 8.02. The van der Waals surface area contributed by atoms with Crippen LogP contribution in [0.3, 0.4) is 0 Å². The van der Waals surface area contributed by atoms with Gasteiger partial charge in [-0.2, -0.15) is 0 Å². The zero-order chi connectivity index (χ0) is 13.0. The van der Waals surface area contributed by atoms with Crippen LogP contribution < -0.4 is 0 Å². The first-order valence-electron chi connectivity index (χ1n) is 5.09. The average Bonchev–Trinajstić information content (AvgIpc) is 2.56. The molecule has 0 N–H and O–H groups in total. The Bertz CT molecular complexity index is 442. The highest BCUT2D eigenvalue weighted by Gasteiger charge is 2.26. The molecule has 0 amide bonds. The van der Waals surface area contributed by atoms with Crippen LogP contribution in [0.25, 0.3) is 0 Å². The number of esters is 2. The Labute approximate surface area is 107 Å². The van der Waals surface area contributed by atoms with Gasteiger partial charge in [0.1, 0.15) is 0 Å². The molecule has 17 heavy (non-hydrogen) atoms. The number of rotatable bonds is 4. The fourth-order valence-electron chi connectivity index (χ4n) is 1.25. The molecular formula is C10H13BrN2O4. The van der Waals surface area contributed by atoms with Crippen LogP contribution in [0.15, 0.2) is 4.73 Å². The van der Waals surface area contributed by atoms with E-state index < -0.39 is 11.9 Å². The van der Waals surface area contributed by atoms with Gasteiger partial charge in [-0.15, -0.1) is 0 Å². The molecule has 94 valence electrons. The smallest absolute Gasteiger partial charge is 0.359 e. The molecule has 7 heteroatoms. The van der Waals surface area contributed by atoms with Gasteiger partial charge in [-0.1, -0.05) is 0 Å². The van der Waals surface area contributed by atoms with E-state index in [-0.39, 0.29) is 24.6 Å². The van der Waals surface area contributed by atoms with E-state index in [1.807, 2.05) is 0 Å². The van der Waals surface area contributed by atoms with Crippen molar-refractivity contribution in [3.05, 3.63) is 16.1 Å². The van der Waals surface area contributed by atoms with Crippen molar-refractivity contribution in [3.8, 4) is 0 Å². The average molecular weight is 305 g/mol. The van der Waals surface area contributed by atoms with E-state index in [4.69, 9.17) is 9.47 Å². The summed E-state index contributed by atoms with van der Waals surface area (Å²) in [7, 11) is 1.60. The summed E-state index contributed by atoms with van der Waals surface area (Å²) in [5, 5.41) is 0. The summed E-state index contributed by atoms with van der Waals surface area (Å²) in [5.74, 6) is -1.24. The molecular weight excluding hydrogens is 292 g/mol. The summed E-state index contributed by atoms with van der Waals surface area (Å²) in [6, 6.07) is 0. The van der Waals surface area contributed by atoms with Crippen LogP contribution in [0.4, 0.5) is 0 Å². The molecule has 1 heterocycles. The number of carbonyl (C=O) groups is 2. The van der Waals surface area contributed by atoms with Gasteiger partial charge in [-0.3, -0.25) is 0 Å². The molecule has 0 saturated carbocycles. The molecule has 0 saturated heterocycles. The Hall–Kier alpha value is -1.37. The van der Waals surface area contributed by atoms with Gasteiger partial charge in [-0.05, 0) is 29.8 Å². The summed E-state index contributed by atoms with van der Waals surface area (Å²) in [6.45, 7) is 3.81. The fraction of sp³-hybridized carbons (Fsp3) is 0.500. The first kappa shape index (κ1) is 13.7. The predicted molar refractivity (Wildman–Crippen MR) is 62.8 cm³/mol. The highest BCUT2D eigenvalue weighted by atomic mass is 79.9. The maximum atomic E-state index is 11.7. The van der Waals surface area contributed by atoms with Gasteiger partial charge in [0, 0.05) is 7.05 Å². The number of imidazole rings is 1. The van der Waals surface area contributed by atoms with Gasteiger partial charge < -0.3 is 14.0 Å². The number of hydrogen-bond acceptors (Lipinski definition) is 5. The van der Waals surface area contributed by atoms with E-state index in [1.165, 1.54) is 4.57 Å². The topological polar surface area (TPSA) is 70.4 Å². The number of nitrogens with zero attached hydrogens (tertiary/aromatic N) is 2. The lowest BCUT2D eigenvalue weighted by Crippen LogP contribution is -2.16. The third-order valence-corrected chi connectivity index (χ3v) is 2.69. The van der Waals surface area contributed by atoms with Gasteiger partial charge in [0.2, 0.25) is 0 Å². The second-order valence-corrected chi connectivity index (χ2v) is 3.79. The van der Waals surface area contributed by atoms with Crippen molar-refractivity contribution in [2.75, 3.05) is 13.2 Å². The highest BCUT2D eigenvalue weighted by molar-refractivity contribution is 9.10. The summed E-state index contributed by atoms with van der Waals surface area (Å²) in [6.07, 6.45) is 0. The Morgan fingerprint density at radius 3 is 2.29 bits per heavy atom. The Kier molecular flexibility index (Phi) is 4.68. The quantitative estimate of drug-likeness (QED) is 0.789. The normalized spacial score (nSPS) is 10.1. The standard InChI is InChI=1S/C10H13BrN2O4/c1-4-16-8(14)6-7(9(15)17-5-2)13(3)10(11)12-6/h4-5H2,1-3H3. The summed E-state index contributed by atoms with van der Waals surface area (Å²) in [4.78, 5) is 27.2. The van der Waals surface area contributed by atoms with Crippen LogP contribution in [0, 0.1) is 0 Å². The third-order valence-electron chi connectivity index (χ3n) is 1.98. The molecule has 0 fully saturated rings. The van der Waals surface area contributed by atoms with Gasteiger partial charge >= 0.3 is 11.9 Å². The predicted octanol–water partition coefficient (Wildman–Crippen LogP) is 1.54. The minimum absolute atomic E-state index is 0.0420. The molecule has 0 aliphatic heterocycles.